The highest BCUT2D eigenvalue weighted by Gasteiger charge is 2.14. The first-order chi connectivity index (χ1) is 9.28. The minimum absolute atomic E-state index is 0.109. The minimum atomic E-state index is 0.109. The number of methoxy groups -OCH3 is 1. The lowest BCUT2D eigenvalue weighted by Crippen LogP contribution is -2.02. The van der Waals surface area contributed by atoms with Crippen LogP contribution in [0.3, 0.4) is 0 Å². The van der Waals surface area contributed by atoms with Crippen LogP contribution < -0.4 is 4.74 Å². The van der Waals surface area contributed by atoms with E-state index in [1.165, 1.54) is 22.3 Å². The Morgan fingerprint density at radius 2 is 1.74 bits per heavy atom. The van der Waals surface area contributed by atoms with E-state index in [4.69, 9.17) is 9.47 Å². The van der Waals surface area contributed by atoms with Crippen molar-refractivity contribution in [3.63, 3.8) is 0 Å². The fourth-order valence-electron chi connectivity index (χ4n) is 2.35. The molecule has 19 heavy (non-hydrogen) atoms. The maximum Gasteiger partial charge on any atom is 0.121 e. The van der Waals surface area contributed by atoms with E-state index in [0.29, 0.717) is 0 Å². The summed E-state index contributed by atoms with van der Waals surface area (Å²) in [5.41, 5.74) is 4.85. The average Bonchev–Trinajstić information content (AvgIpc) is 2.47. The maximum atomic E-state index is 5.53. The van der Waals surface area contributed by atoms with Crippen molar-refractivity contribution in [2.45, 2.75) is 13.0 Å². The second-order valence-electron chi connectivity index (χ2n) is 4.65. The molecule has 2 nitrogen and oxygen atoms in total. The summed E-state index contributed by atoms with van der Waals surface area (Å²) in [7, 11) is 1.68. The lowest BCUT2D eigenvalue weighted by Gasteiger charge is -2.20. The van der Waals surface area contributed by atoms with Gasteiger partial charge in [0.2, 0.25) is 0 Å². The van der Waals surface area contributed by atoms with Gasteiger partial charge in [-0.2, -0.15) is 0 Å². The van der Waals surface area contributed by atoms with E-state index in [9.17, 15) is 0 Å². The van der Waals surface area contributed by atoms with Crippen LogP contribution in [-0.4, -0.2) is 7.11 Å². The van der Waals surface area contributed by atoms with E-state index in [-0.39, 0.29) is 6.10 Å². The van der Waals surface area contributed by atoms with Crippen LogP contribution >= 0.6 is 0 Å². The van der Waals surface area contributed by atoms with Crippen LogP contribution in [0.5, 0.6) is 5.75 Å². The van der Waals surface area contributed by atoms with Gasteiger partial charge in [0.25, 0.3) is 0 Å². The van der Waals surface area contributed by atoms with Gasteiger partial charge >= 0.3 is 0 Å². The van der Waals surface area contributed by atoms with Gasteiger partial charge in [-0.1, -0.05) is 24.3 Å². The quantitative estimate of drug-likeness (QED) is 0.787. The van der Waals surface area contributed by atoms with E-state index in [2.05, 4.69) is 37.3 Å². The molecule has 0 saturated heterocycles. The molecule has 0 fully saturated rings. The lowest BCUT2D eigenvalue weighted by atomic mass is 9.95. The Morgan fingerprint density at radius 1 is 1.00 bits per heavy atom. The number of hydrogen-bond donors (Lipinski definition) is 0. The highest BCUT2D eigenvalue weighted by Crippen LogP contribution is 2.32. The topological polar surface area (TPSA) is 18.5 Å². The molecule has 1 aliphatic rings. The Bertz CT molecular complexity index is 612. The smallest absolute Gasteiger partial charge is 0.121 e. The molecule has 1 aliphatic heterocycles. The summed E-state index contributed by atoms with van der Waals surface area (Å²) in [5, 5.41) is 0. The third-order valence-electron chi connectivity index (χ3n) is 3.48. The van der Waals surface area contributed by atoms with Crippen molar-refractivity contribution in [1.29, 1.82) is 0 Å². The van der Waals surface area contributed by atoms with Crippen LogP contribution in [-0.2, 0) is 4.74 Å². The van der Waals surface area contributed by atoms with E-state index in [1.54, 1.807) is 13.4 Å². The monoisotopic (exact) mass is 252 g/mol. The Balaban J connectivity index is 2.01. The molecule has 2 aromatic carbocycles. The number of ether oxygens (including phenoxy) is 2. The molecule has 0 aromatic heterocycles. The Labute approximate surface area is 113 Å². The normalized spacial score (nSPS) is 16.6. The predicted molar refractivity (Wildman–Crippen MR) is 77.0 cm³/mol. The van der Waals surface area contributed by atoms with Crippen LogP contribution in [0.15, 0.2) is 48.7 Å². The van der Waals surface area contributed by atoms with Gasteiger partial charge in [-0.3, -0.25) is 0 Å². The third-order valence-corrected chi connectivity index (χ3v) is 3.48. The van der Waals surface area contributed by atoms with Crippen LogP contribution in [0, 0.1) is 0 Å². The van der Waals surface area contributed by atoms with Crippen molar-refractivity contribution in [3.8, 4) is 16.9 Å². The van der Waals surface area contributed by atoms with E-state index >= 15 is 0 Å². The highest BCUT2D eigenvalue weighted by molar-refractivity contribution is 5.69. The third kappa shape index (κ3) is 2.22. The summed E-state index contributed by atoms with van der Waals surface area (Å²) in [6, 6.07) is 14.6. The zero-order chi connectivity index (χ0) is 13.2. The van der Waals surface area contributed by atoms with Gasteiger partial charge in [0.1, 0.15) is 11.9 Å². The summed E-state index contributed by atoms with van der Waals surface area (Å²) >= 11 is 0. The Morgan fingerprint density at radius 3 is 2.47 bits per heavy atom. The predicted octanol–water partition coefficient (Wildman–Crippen LogP) is 4.42. The van der Waals surface area contributed by atoms with Crippen LogP contribution in [0.25, 0.3) is 17.2 Å². The fourth-order valence-corrected chi connectivity index (χ4v) is 2.35. The van der Waals surface area contributed by atoms with E-state index in [0.717, 1.165) is 5.75 Å². The molecule has 0 amide bonds. The first-order valence-electron chi connectivity index (χ1n) is 6.38. The van der Waals surface area contributed by atoms with Gasteiger partial charge < -0.3 is 9.47 Å². The van der Waals surface area contributed by atoms with Crippen molar-refractivity contribution in [2.24, 2.45) is 0 Å². The molecular formula is C17H16O2. The van der Waals surface area contributed by atoms with E-state index < -0.39 is 0 Å². The van der Waals surface area contributed by atoms with Crippen molar-refractivity contribution in [2.75, 3.05) is 7.11 Å². The van der Waals surface area contributed by atoms with Crippen LogP contribution in [0.4, 0.5) is 0 Å². The zero-order valence-corrected chi connectivity index (χ0v) is 11.1. The van der Waals surface area contributed by atoms with Crippen molar-refractivity contribution < 1.29 is 9.47 Å². The number of benzene rings is 2. The molecule has 2 aromatic rings. The van der Waals surface area contributed by atoms with Gasteiger partial charge in [0.15, 0.2) is 0 Å². The summed E-state index contributed by atoms with van der Waals surface area (Å²) in [4.78, 5) is 0. The van der Waals surface area contributed by atoms with Crippen molar-refractivity contribution in [1.82, 2.24) is 0 Å². The number of fused-ring (bicyclic) bond motifs is 1. The molecule has 1 heterocycles. The van der Waals surface area contributed by atoms with Gasteiger partial charge in [-0.15, -0.1) is 0 Å². The molecule has 0 spiro atoms. The molecule has 0 saturated carbocycles. The van der Waals surface area contributed by atoms with Gasteiger partial charge in [-0.05, 0) is 53.5 Å². The van der Waals surface area contributed by atoms with Gasteiger partial charge in [0, 0.05) is 0 Å². The molecule has 1 atom stereocenters. The molecule has 0 aliphatic carbocycles. The molecule has 2 heteroatoms. The van der Waals surface area contributed by atoms with Crippen LogP contribution in [0.2, 0.25) is 0 Å². The summed E-state index contributed by atoms with van der Waals surface area (Å²) in [6.07, 6.45) is 3.88. The van der Waals surface area contributed by atoms with Crippen molar-refractivity contribution in [3.05, 3.63) is 59.9 Å². The maximum absolute atomic E-state index is 5.53. The molecule has 96 valence electrons. The van der Waals surface area contributed by atoms with E-state index in [1.807, 2.05) is 18.2 Å². The molecule has 0 N–H and O–H groups in total. The molecule has 0 unspecified atom stereocenters. The van der Waals surface area contributed by atoms with Gasteiger partial charge in [0.05, 0.1) is 13.4 Å². The fraction of sp³-hybridized carbons (Fsp3) is 0.176. The standard InChI is InChI=1S/C17H16O2/c1-12-17-11-15(4-3-14(17)9-10-19-12)13-5-7-16(18-2)8-6-13/h3-12H,1-2H3/t12-/m0/s1. The number of hydrogen-bond acceptors (Lipinski definition) is 2. The molecule has 0 bridgehead atoms. The molecule has 3 rings (SSSR count). The molecular weight excluding hydrogens is 236 g/mol. The zero-order valence-electron chi connectivity index (χ0n) is 11.1. The largest absolute Gasteiger partial charge is 0.497 e. The highest BCUT2D eigenvalue weighted by atomic mass is 16.5. The molecule has 0 radical (unpaired) electrons. The number of rotatable bonds is 2. The summed E-state index contributed by atoms with van der Waals surface area (Å²) in [6.45, 7) is 2.07. The summed E-state index contributed by atoms with van der Waals surface area (Å²) < 4.78 is 10.7. The Hall–Kier alpha value is -2.22. The Kier molecular flexibility index (Phi) is 3.00. The second kappa shape index (κ2) is 4.81. The first kappa shape index (κ1) is 11.8. The summed E-state index contributed by atoms with van der Waals surface area (Å²) in [5.74, 6) is 0.876. The van der Waals surface area contributed by atoms with Gasteiger partial charge in [-0.25, -0.2) is 0 Å². The first-order valence-corrected chi connectivity index (χ1v) is 6.38. The van der Waals surface area contributed by atoms with Crippen LogP contribution in [0.1, 0.15) is 24.2 Å². The van der Waals surface area contributed by atoms with Crippen molar-refractivity contribution >= 4 is 6.08 Å². The minimum Gasteiger partial charge on any atom is -0.497 e. The SMILES string of the molecule is COc1ccc(-c2ccc3c(c2)[C@H](C)OC=C3)cc1. The average molecular weight is 252 g/mol. The second-order valence-corrected chi connectivity index (χ2v) is 4.65. The lowest BCUT2D eigenvalue weighted by molar-refractivity contribution is 0.162.